The molecule has 0 aliphatic rings. The standard InChI is InChI=1S/C33H21NOS/c35-32-28-20-25(22-10-4-1-5-11-22)17-19-30(28)36-33-31(24-14-8-3-9-15-24)27-18-16-26(21-29(27)34(32)33)23-12-6-2-7-13-23/h1-21H. The first kappa shape index (κ1) is 20.9. The van der Waals surface area contributed by atoms with Gasteiger partial charge in [0.05, 0.1) is 10.9 Å². The van der Waals surface area contributed by atoms with Crippen molar-refractivity contribution in [1.82, 2.24) is 4.40 Å². The van der Waals surface area contributed by atoms with E-state index in [1.165, 1.54) is 0 Å². The van der Waals surface area contributed by atoms with Crippen LogP contribution in [0, 0.1) is 0 Å². The fourth-order valence-corrected chi connectivity index (χ4v) is 6.28. The van der Waals surface area contributed by atoms with Gasteiger partial charge in [-0.1, -0.05) is 109 Å². The molecule has 7 aromatic rings. The minimum absolute atomic E-state index is 0.0222. The molecule has 0 bridgehead atoms. The second-order valence-corrected chi connectivity index (χ2v) is 9.99. The van der Waals surface area contributed by atoms with Gasteiger partial charge in [-0.3, -0.25) is 9.20 Å². The fraction of sp³-hybridized carbons (Fsp3) is 0. The zero-order valence-electron chi connectivity index (χ0n) is 19.4. The Hall–Kier alpha value is -4.47. The number of nitrogens with zero attached hydrogens (tertiary/aromatic N) is 1. The molecule has 0 spiro atoms. The highest BCUT2D eigenvalue weighted by atomic mass is 32.1. The smallest absolute Gasteiger partial charge is 0.264 e. The van der Waals surface area contributed by atoms with Gasteiger partial charge in [-0.2, -0.15) is 0 Å². The maximum atomic E-state index is 14.1. The molecule has 0 atom stereocenters. The highest BCUT2D eigenvalue weighted by Gasteiger charge is 2.19. The normalized spacial score (nSPS) is 11.4. The molecule has 36 heavy (non-hydrogen) atoms. The van der Waals surface area contributed by atoms with Gasteiger partial charge in [0.2, 0.25) is 0 Å². The molecule has 0 fully saturated rings. The largest absolute Gasteiger partial charge is 0.268 e. The number of benzene rings is 5. The van der Waals surface area contributed by atoms with E-state index in [1.807, 2.05) is 52.9 Å². The van der Waals surface area contributed by atoms with E-state index in [0.29, 0.717) is 0 Å². The summed E-state index contributed by atoms with van der Waals surface area (Å²) in [4.78, 5) is 15.1. The first-order valence-corrected chi connectivity index (χ1v) is 12.8. The van der Waals surface area contributed by atoms with Gasteiger partial charge < -0.3 is 0 Å². The molecule has 0 N–H and O–H groups in total. The summed E-state index contributed by atoms with van der Waals surface area (Å²) in [6, 6.07) is 43.7. The van der Waals surface area contributed by atoms with Crippen molar-refractivity contribution in [3.8, 4) is 33.4 Å². The van der Waals surface area contributed by atoms with E-state index in [0.717, 1.165) is 59.2 Å². The van der Waals surface area contributed by atoms with Crippen LogP contribution in [0.1, 0.15) is 0 Å². The van der Waals surface area contributed by atoms with E-state index in [2.05, 4.69) is 78.9 Å². The van der Waals surface area contributed by atoms with E-state index < -0.39 is 0 Å². The van der Waals surface area contributed by atoms with Crippen LogP contribution in [0.3, 0.4) is 0 Å². The van der Waals surface area contributed by atoms with E-state index in [-0.39, 0.29) is 5.56 Å². The van der Waals surface area contributed by atoms with E-state index >= 15 is 0 Å². The molecule has 0 saturated carbocycles. The molecular weight excluding hydrogens is 458 g/mol. The highest BCUT2D eigenvalue weighted by Crippen LogP contribution is 2.40. The van der Waals surface area contributed by atoms with Crippen molar-refractivity contribution in [2.24, 2.45) is 0 Å². The summed E-state index contributed by atoms with van der Waals surface area (Å²) in [6.07, 6.45) is 0. The lowest BCUT2D eigenvalue weighted by molar-refractivity contribution is 1.22. The van der Waals surface area contributed by atoms with Crippen LogP contribution in [-0.4, -0.2) is 4.40 Å². The molecule has 2 heterocycles. The average Bonchev–Trinajstić information content (AvgIpc) is 3.28. The summed E-state index contributed by atoms with van der Waals surface area (Å²) < 4.78 is 2.92. The minimum Gasteiger partial charge on any atom is -0.268 e. The van der Waals surface area contributed by atoms with E-state index in [1.54, 1.807) is 11.3 Å². The Morgan fingerprint density at radius 2 is 1.06 bits per heavy atom. The van der Waals surface area contributed by atoms with Crippen LogP contribution in [0.2, 0.25) is 0 Å². The lowest BCUT2D eigenvalue weighted by atomic mass is 10.0. The molecule has 0 amide bonds. The average molecular weight is 480 g/mol. The van der Waals surface area contributed by atoms with Crippen molar-refractivity contribution in [3.05, 3.63) is 138 Å². The van der Waals surface area contributed by atoms with Crippen LogP contribution >= 0.6 is 11.3 Å². The SMILES string of the molecule is O=c1c2cc(-c3ccccc3)ccc2sc2c(-c3ccccc3)c3ccc(-c4ccccc4)cc3n12. The predicted molar refractivity (Wildman–Crippen MR) is 153 cm³/mol. The Morgan fingerprint density at radius 1 is 0.500 bits per heavy atom. The van der Waals surface area contributed by atoms with Crippen molar-refractivity contribution < 1.29 is 0 Å². The first-order chi connectivity index (χ1) is 17.8. The monoisotopic (exact) mass is 479 g/mol. The number of aromatic nitrogens is 1. The predicted octanol–water partition coefficient (Wildman–Crippen LogP) is 8.67. The quantitative estimate of drug-likeness (QED) is 0.248. The third kappa shape index (κ3) is 3.29. The van der Waals surface area contributed by atoms with Crippen molar-refractivity contribution in [3.63, 3.8) is 0 Å². The van der Waals surface area contributed by atoms with Crippen molar-refractivity contribution in [1.29, 1.82) is 0 Å². The zero-order chi connectivity index (χ0) is 24.1. The Balaban J connectivity index is 1.59. The van der Waals surface area contributed by atoms with Crippen LogP contribution in [0.4, 0.5) is 0 Å². The molecule has 0 unspecified atom stereocenters. The summed E-state index contributed by atoms with van der Waals surface area (Å²) in [6.45, 7) is 0. The van der Waals surface area contributed by atoms with Crippen LogP contribution in [0.15, 0.2) is 132 Å². The zero-order valence-corrected chi connectivity index (χ0v) is 20.2. The topological polar surface area (TPSA) is 21.5 Å². The summed E-state index contributed by atoms with van der Waals surface area (Å²) in [5, 5.41) is 1.84. The molecule has 0 aliphatic carbocycles. The number of hydrogen-bond acceptors (Lipinski definition) is 2. The summed E-state index contributed by atoms with van der Waals surface area (Å²) in [5.74, 6) is 0. The summed E-state index contributed by atoms with van der Waals surface area (Å²) >= 11 is 1.68. The van der Waals surface area contributed by atoms with E-state index in [9.17, 15) is 4.79 Å². The van der Waals surface area contributed by atoms with Gasteiger partial charge in [0.1, 0.15) is 4.83 Å². The van der Waals surface area contributed by atoms with Gasteiger partial charge in [0.25, 0.3) is 5.56 Å². The van der Waals surface area contributed by atoms with Gasteiger partial charge in [-0.25, -0.2) is 0 Å². The van der Waals surface area contributed by atoms with Crippen LogP contribution in [-0.2, 0) is 0 Å². The van der Waals surface area contributed by atoms with Crippen LogP contribution < -0.4 is 5.56 Å². The van der Waals surface area contributed by atoms with Gasteiger partial charge >= 0.3 is 0 Å². The van der Waals surface area contributed by atoms with Gasteiger partial charge in [-0.15, -0.1) is 11.3 Å². The van der Waals surface area contributed by atoms with Gasteiger partial charge in [0, 0.05) is 15.6 Å². The minimum atomic E-state index is 0.0222. The molecule has 170 valence electrons. The molecule has 3 heteroatoms. The lowest BCUT2D eigenvalue weighted by Gasteiger charge is -2.06. The van der Waals surface area contributed by atoms with Crippen molar-refractivity contribution in [2.75, 3.05) is 0 Å². The Bertz CT molecular complexity index is 1940. The highest BCUT2D eigenvalue weighted by molar-refractivity contribution is 7.24. The Kier molecular flexibility index (Phi) is 4.83. The Labute approximate surface area is 212 Å². The van der Waals surface area contributed by atoms with Gasteiger partial charge in [-0.05, 0) is 46.0 Å². The summed E-state index contributed by atoms with van der Waals surface area (Å²) in [7, 11) is 0. The van der Waals surface area contributed by atoms with Crippen LogP contribution in [0.25, 0.3) is 59.2 Å². The summed E-state index contributed by atoms with van der Waals surface area (Å²) in [5.41, 5.74) is 7.60. The van der Waals surface area contributed by atoms with Crippen molar-refractivity contribution >= 4 is 37.2 Å². The molecule has 5 aromatic carbocycles. The maximum Gasteiger partial charge on any atom is 0.264 e. The lowest BCUT2D eigenvalue weighted by Crippen LogP contribution is -2.11. The third-order valence-electron chi connectivity index (χ3n) is 6.82. The van der Waals surface area contributed by atoms with Gasteiger partial charge in [0.15, 0.2) is 0 Å². The third-order valence-corrected chi connectivity index (χ3v) is 7.98. The molecule has 0 radical (unpaired) electrons. The molecule has 0 aliphatic heterocycles. The number of rotatable bonds is 3. The Morgan fingerprint density at radius 3 is 1.69 bits per heavy atom. The van der Waals surface area contributed by atoms with E-state index in [4.69, 9.17) is 0 Å². The first-order valence-electron chi connectivity index (χ1n) is 12.0. The van der Waals surface area contributed by atoms with Crippen LogP contribution in [0.5, 0.6) is 0 Å². The molecular formula is C33H21NOS. The second kappa shape index (κ2) is 8.33. The molecule has 7 rings (SSSR count). The molecule has 2 aromatic heterocycles. The van der Waals surface area contributed by atoms with Crippen molar-refractivity contribution in [2.45, 2.75) is 0 Å². The number of hydrogen-bond donors (Lipinski definition) is 0. The second-order valence-electron chi connectivity index (χ2n) is 8.96. The molecule has 0 saturated heterocycles. The molecule has 2 nitrogen and oxygen atoms in total. The fourth-order valence-electron chi connectivity index (χ4n) is 5.08. The number of fused-ring (bicyclic) bond motifs is 4. The maximum absolute atomic E-state index is 14.1.